The summed E-state index contributed by atoms with van der Waals surface area (Å²) in [5.74, 6) is 0.928. The molecule has 0 amide bonds. The summed E-state index contributed by atoms with van der Waals surface area (Å²) < 4.78 is 5.34. The molecule has 0 saturated carbocycles. The number of guanidine groups is 1. The molecule has 0 unspecified atom stereocenters. The Kier molecular flexibility index (Phi) is 17.7. The second-order valence-corrected chi connectivity index (χ2v) is 6.29. The van der Waals surface area contributed by atoms with Crippen LogP contribution in [0.5, 0.6) is 0 Å². The van der Waals surface area contributed by atoms with Gasteiger partial charge in [0.15, 0.2) is 5.96 Å². The van der Waals surface area contributed by atoms with Crippen molar-refractivity contribution < 1.29 is 4.74 Å². The van der Waals surface area contributed by atoms with Gasteiger partial charge in [0.2, 0.25) is 0 Å². The summed E-state index contributed by atoms with van der Waals surface area (Å²) in [5.41, 5.74) is 0. The van der Waals surface area contributed by atoms with Crippen molar-refractivity contribution in [3.63, 3.8) is 0 Å². The first kappa shape index (κ1) is 23.9. The first-order chi connectivity index (χ1) is 11.4. The molecule has 6 heteroatoms. The Labute approximate surface area is 166 Å². The van der Waals surface area contributed by atoms with E-state index in [1.54, 1.807) is 0 Å². The van der Waals surface area contributed by atoms with E-state index in [9.17, 15) is 0 Å². The minimum absolute atomic E-state index is 0. The van der Waals surface area contributed by atoms with Gasteiger partial charge in [0.05, 0.1) is 0 Å². The summed E-state index contributed by atoms with van der Waals surface area (Å²) in [6.45, 7) is 9.61. The van der Waals surface area contributed by atoms with Crippen molar-refractivity contribution in [2.45, 2.75) is 58.3 Å². The van der Waals surface area contributed by atoms with Gasteiger partial charge >= 0.3 is 0 Å². The van der Waals surface area contributed by atoms with Gasteiger partial charge in [-0.25, -0.2) is 0 Å². The van der Waals surface area contributed by atoms with E-state index in [0.29, 0.717) is 0 Å². The smallest absolute Gasteiger partial charge is 0.190 e. The van der Waals surface area contributed by atoms with Gasteiger partial charge in [-0.2, -0.15) is 0 Å². The van der Waals surface area contributed by atoms with Crippen molar-refractivity contribution in [3.05, 3.63) is 0 Å². The van der Waals surface area contributed by atoms with E-state index in [1.807, 2.05) is 14.0 Å². The quantitative estimate of drug-likeness (QED) is 0.206. The largest absolute Gasteiger partial charge is 0.382 e. The van der Waals surface area contributed by atoms with E-state index in [0.717, 1.165) is 45.1 Å². The minimum atomic E-state index is 0. The topological polar surface area (TPSA) is 48.9 Å². The third-order valence-electron chi connectivity index (χ3n) is 4.33. The van der Waals surface area contributed by atoms with Crippen LogP contribution in [-0.2, 0) is 4.74 Å². The Bertz CT molecular complexity index is 297. The summed E-state index contributed by atoms with van der Waals surface area (Å²) >= 11 is 0. The molecule has 0 spiro atoms. The Morgan fingerprint density at radius 2 is 1.62 bits per heavy atom. The number of likely N-dealkylation sites (tertiary alicyclic amines) is 1. The lowest BCUT2D eigenvalue weighted by molar-refractivity contribution is 0.143. The molecule has 0 aromatic heterocycles. The number of hydrogen-bond acceptors (Lipinski definition) is 3. The third kappa shape index (κ3) is 13.2. The van der Waals surface area contributed by atoms with Crippen molar-refractivity contribution in [2.75, 3.05) is 53.0 Å². The maximum absolute atomic E-state index is 5.34. The number of piperidine rings is 1. The van der Waals surface area contributed by atoms with Crippen LogP contribution in [0.2, 0.25) is 0 Å². The van der Waals surface area contributed by atoms with Gasteiger partial charge in [-0.1, -0.05) is 12.8 Å². The number of nitrogens with zero attached hydrogens (tertiary/aromatic N) is 2. The lowest BCUT2D eigenvalue weighted by Gasteiger charge is -2.26. The Morgan fingerprint density at radius 1 is 0.958 bits per heavy atom. The number of unbranched alkanes of at least 4 members (excludes halogenated alkanes) is 3. The van der Waals surface area contributed by atoms with Crippen LogP contribution in [0.3, 0.4) is 0 Å². The molecule has 0 atom stereocenters. The number of hydrogen-bond donors (Lipinski definition) is 2. The van der Waals surface area contributed by atoms with Gasteiger partial charge in [-0.15, -0.1) is 24.0 Å². The molecule has 24 heavy (non-hydrogen) atoms. The fourth-order valence-electron chi connectivity index (χ4n) is 2.93. The number of aliphatic imine (C=N–C) groups is 1. The Balaban J connectivity index is 0.00000529. The van der Waals surface area contributed by atoms with Crippen LogP contribution >= 0.6 is 24.0 Å². The predicted octanol–water partition coefficient (Wildman–Crippen LogP) is 3.24. The molecule has 1 aliphatic heterocycles. The van der Waals surface area contributed by atoms with Crippen LogP contribution < -0.4 is 10.6 Å². The summed E-state index contributed by atoms with van der Waals surface area (Å²) in [4.78, 5) is 6.89. The predicted molar refractivity (Wildman–Crippen MR) is 115 cm³/mol. The molecule has 1 rings (SSSR count). The monoisotopic (exact) mass is 454 g/mol. The molecule has 0 aromatic carbocycles. The molecule has 5 nitrogen and oxygen atoms in total. The van der Waals surface area contributed by atoms with Crippen LogP contribution in [0, 0.1) is 0 Å². The summed E-state index contributed by atoms with van der Waals surface area (Å²) in [7, 11) is 1.84. The lowest BCUT2D eigenvalue weighted by Crippen LogP contribution is -2.38. The first-order valence-corrected chi connectivity index (χ1v) is 9.61. The van der Waals surface area contributed by atoms with Gasteiger partial charge in [0.25, 0.3) is 0 Å². The van der Waals surface area contributed by atoms with Crippen molar-refractivity contribution in [2.24, 2.45) is 4.99 Å². The zero-order chi connectivity index (χ0) is 16.6. The van der Waals surface area contributed by atoms with Gasteiger partial charge in [-0.3, -0.25) is 4.99 Å². The minimum Gasteiger partial charge on any atom is -0.382 e. The highest BCUT2D eigenvalue weighted by molar-refractivity contribution is 14.0. The van der Waals surface area contributed by atoms with E-state index in [1.165, 1.54) is 58.2 Å². The first-order valence-electron chi connectivity index (χ1n) is 9.61. The molecule has 1 aliphatic rings. The summed E-state index contributed by atoms with van der Waals surface area (Å²) in [5, 5.41) is 6.77. The molecule has 1 fully saturated rings. The average molecular weight is 454 g/mol. The molecule has 0 bridgehead atoms. The molecule has 2 N–H and O–H groups in total. The van der Waals surface area contributed by atoms with E-state index in [-0.39, 0.29) is 24.0 Å². The van der Waals surface area contributed by atoms with Gasteiger partial charge in [0.1, 0.15) is 0 Å². The lowest BCUT2D eigenvalue weighted by atomic mass is 10.1. The van der Waals surface area contributed by atoms with Crippen molar-refractivity contribution in [1.29, 1.82) is 0 Å². The normalized spacial score (nSPS) is 15.8. The highest BCUT2D eigenvalue weighted by Crippen LogP contribution is 2.09. The molecule has 1 heterocycles. The average Bonchev–Trinajstić information content (AvgIpc) is 2.60. The number of ether oxygens (including phenoxy) is 1. The van der Waals surface area contributed by atoms with Crippen LogP contribution in [-0.4, -0.2) is 63.8 Å². The summed E-state index contributed by atoms with van der Waals surface area (Å²) in [6.07, 6.45) is 10.3. The van der Waals surface area contributed by atoms with Crippen LogP contribution in [0.15, 0.2) is 4.99 Å². The van der Waals surface area contributed by atoms with Crippen molar-refractivity contribution >= 4 is 29.9 Å². The Hall–Kier alpha value is -0.0800. The maximum Gasteiger partial charge on any atom is 0.190 e. The van der Waals surface area contributed by atoms with E-state index < -0.39 is 0 Å². The van der Waals surface area contributed by atoms with Gasteiger partial charge in [0, 0.05) is 33.4 Å². The second kappa shape index (κ2) is 17.7. The second-order valence-electron chi connectivity index (χ2n) is 6.29. The van der Waals surface area contributed by atoms with Crippen LogP contribution in [0.1, 0.15) is 58.3 Å². The molecule has 1 saturated heterocycles. The molecule has 0 aliphatic carbocycles. The van der Waals surface area contributed by atoms with E-state index >= 15 is 0 Å². The third-order valence-corrected chi connectivity index (χ3v) is 4.33. The molecular formula is C18H39IN4O. The molecule has 0 radical (unpaired) electrons. The van der Waals surface area contributed by atoms with Crippen LogP contribution in [0.4, 0.5) is 0 Å². The molecule has 0 aromatic rings. The van der Waals surface area contributed by atoms with E-state index in [4.69, 9.17) is 4.74 Å². The van der Waals surface area contributed by atoms with Gasteiger partial charge in [-0.05, 0) is 65.1 Å². The molecular weight excluding hydrogens is 415 g/mol. The number of halogens is 1. The molecule has 144 valence electrons. The number of rotatable bonds is 12. The SMILES string of the molecule is CCOCCCCNC(=NC)NCCCCCN1CCCCC1.I. The zero-order valence-corrected chi connectivity index (χ0v) is 18.1. The fraction of sp³-hybridized carbons (Fsp3) is 0.944. The van der Waals surface area contributed by atoms with Crippen molar-refractivity contribution in [1.82, 2.24) is 15.5 Å². The summed E-state index contributed by atoms with van der Waals surface area (Å²) in [6, 6.07) is 0. The number of nitrogens with one attached hydrogen (secondary N) is 2. The van der Waals surface area contributed by atoms with Gasteiger partial charge < -0.3 is 20.3 Å². The standard InChI is InChI=1S/C18H38N4O.HI/c1-3-23-17-11-7-13-21-18(19-2)20-12-6-4-8-14-22-15-9-5-10-16-22;/h3-17H2,1-2H3,(H2,19,20,21);1H. The fourth-order valence-corrected chi connectivity index (χ4v) is 2.93. The highest BCUT2D eigenvalue weighted by Gasteiger charge is 2.08. The Morgan fingerprint density at radius 3 is 2.25 bits per heavy atom. The zero-order valence-electron chi connectivity index (χ0n) is 15.8. The van der Waals surface area contributed by atoms with Crippen molar-refractivity contribution in [3.8, 4) is 0 Å². The van der Waals surface area contributed by atoms with Crippen LogP contribution in [0.25, 0.3) is 0 Å². The van der Waals surface area contributed by atoms with E-state index in [2.05, 4.69) is 20.5 Å². The highest BCUT2D eigenvalue weighted by atomic mass is 127. The maximum atomic E-state index is 5.34.